The van der Waals surface area contributed by atoms with Crippen molar-refractivity contribution in [3.05, 3.63) is 94.8 Å². The van der Waals surface area contributed by atoms with Gasteiger partial charge in [0.05, 0.1) is 18.4 Å². The van der Waals surface area contributed by atoms with Gasteiger partial charge in [0.2, 0.25) is 0 Å². The van der Waals surface area contributed by atoms with Crippen molar-refractivity contribution < 1.29 is 23.5 Å². The number of halogens is 1. The molecule has 0 aliphatic carbocycles. The minimum Gasteiger partial charge on any atom is -0.490 e. The van der Waals surface area contributed by atoms with E-state index >= 15 is 0 Å². The summed E-state index contributed by atoms with van der Waals surface area (Å²) in [6.45, 7) is 8.32. The predicted octanol–water partition coefficient (Wildman–Crippen LogP) is 5.02. The average Bonchev–Trinajstić information content (AvgIpc) is 2.87. The molecule has 194 valence electrons. The van der Waals surface area contributed by atoms with Crippen molar-refractivity contribution in [2.75, 3.05) is 6.61 Å². The highest BCUT2D eigenvalue weighted by Gasteiger charge is 2.25. The van der Waals surface area contributed by atoms with Crippen molar-refractivity contribution in [3.63, 3.8) is 0 Å². The number of nitrogens with zero attached hydrogens (tertiary/aromatic N) is 1. The Balaban J connectivity index is 1.64. The zero-order valence-corrected chi connectivity index (χ0v) is 21.5. The van der Waals surface area contributed by atoms with E-state index in [0.717, 1.165) is 5.56 Å². The number of hydrogen-bond donors (Lipinski definition) is 2. The second-order valence-electron chi connectivity index (χ2n) is 8.82. The van der Waals surface area contributed by atoms with E-state index in [9.17, 15) is 14.0 Å². The second kappa shape index (κ2) is 13.2. The minimum absolute atomic E-state index is 0.127. The first kappa shape index (κ1) is 27.4. The lowest BCUT2D eigenvalue weighted by Gasteiger charge is -2.20. The van der Waals surface area contributed by atoms with Crippen LogP contribution in [0.25, 0.3) is 0 Å². The van der Waals surface area contributed by atoms with E-state index in [2.05, 4.69) is 15.8 Å². The third-order valence-corrected chi connectivity index (χ3v) is 5.53. The number of hydrazone groups is 1. The Morgan fingerprint density at radius 2 is 1.73 bits per heavy atom. The molecule has 0 saturated carbocycles. The summed E-state index contributed by atoms with van der Waals surface area (Å²) in [5.41, 5.74) is 5.23. The highest BCUT2D eigenvalue weighted by molar-refractivity contribution is 5.98. The molecule has 2 amide bonds. The predicted molar refractivity (Wildman–Crippen MR) is 141 cm³/mol. The summed E-state index contributed by atoms with van der Waals surface area (Å²) in [6, 6.07) is 18.2. The van der Waals surface area contributed by atoms with Crippen LogP contribution in [0.3, 0.4) is 0 Å². The van der Waals surface area contributed by atoms with Crippen molar-refractivity contribution in [1.82, 2.24) is 10.7 Å². The fourth-order valence-electron chi connectivity index (χ4n) is 3.48. The zero-order chi connectivity index (χ0) is 26.8. The molecule has 1 atom stereocenters. The summed E-state index contributed by atoms with van der Waals surface area (Å²) in [5, 5.41) is 6.61. The molecule has 0 aliphatic rings. The van der Waals surface area contributed by atoms with Crippen LogP contribution in [0, 0.1) is 18.7 Å². The van der Waals surface area contributed by atoms with E-state index in [1.54, 1.807) is 38.1 Å². The van der Waals surface area contributed by atoms with Gasteiger partial charge >= 0.3 is 0 Å². The number of carbonyl (C=O) groups is 2. The Morgan fingerprint density at radius 3 is 2.41 bits per heavy atom. The molecule has 8 heteroatoms. The molecule has 3 aromatic carbocycles. The summed E-state index contributed by atoms with van der Waals surface area (Å²) in [7, 11) is 0. The van der Waals surface area contributed by atoms with Crippen LogP contribution < -0.4 is 20.2 Å². The highest BCUT2D eigenvalue weighted by atomic mass is 19.1. The van der Waals surface area contributed by atoms with Gasteiger partial charge in [0, 0.05) is 0 Å². The number of rotatable bonds is 11. The molecule has 3 rings (SSSR count). The Kier molecular flexibility index (Phi) is 9.77. The third-order valence-electron chi connectivity index (χ3n) is 5.53. The number of benzene rings is 3. The topological polar surface area (TPSA) is 89.0 Å². The smallest absolute Gasteiger partial charge is 0.262 e. The van der Waals surface area contributed by atoms with Crippen LogP contribution in [-0.4, -0.2) is 30.7 Å². The largest absolute Gasteiger partial charge is 0.490 e. The maximum absolute atomic E-state index is 13.9. The fourth-order valence-corrected chi connectivity index (χ4v) is 3.48. The lowest BCUT2D eigenvalue weighted by atomic mass is 10.0. The van der Waals surface area contributed by atoms with E-state index in [1.165, 1.54) is 30.0 Å². The van der Waals surface area contributed by atoms with E-state index in [4.69, 9.17) is 9.47 Å². The number of nitrogens with one attached hydrogen (secondary N) is 2. The van der Waals surface area contributed by atoms with Gasteiger partial charge in [-0.05, 0) is 61.2 Å². The van der Waals surface area contributed by atoms with Crippen LogP contribution in [0.4, 0.5) is 4.39 Å². The SMILES string of the molecule is CCOc1cc(/C=N/NC(=O)C(NC(=O)c2ccccc2F)C(C)C)ccc1OCc1ccc(C)cc1. The van der Waals surface area contributed by atoms with Crippen LogP contribution in [0.1, 0.15) is 47.8 Å². The first-order chi connectivity index (χ1) is 17.8. The van der Waals surface area contributed by atoms with Gasteiger partial charge < -0.3 is 14.8 Å². The summed E-state index contributed by atoms with van der Waals surface area (Å²) in [5.74, 6) is -0.934. The Labute approximate surface area is 216 Å². The van der Waals surface area contributed by atoms with Gasteiger partial charge in [-0.1, -0.05) is 55.8 Å². The van der Waals surface area contributed by atoms with Crippen LogP contribution >= 0.6 is 0 Å². The van der Waals surface area contributed by atoms with Gasteiger partial charge in [0.15, 0.2) is 11.5 Å². The molecule has 2 N–H and O–H groups in total. The van der Waals surface area contributed by atoms with Crippen LogP contribution in [0.5, 0.6) is 11.5 Å². The molecule has 3 aromatic rings. The molecule has 0 heterocycles. The summed E-state index contributed by atoms with van der Waals surface area (Å²) < 4.78 is 25.6. The number of amides is 2. The number of aryl methyl sites for hydroxylation is 1. The molecule has 0 fully saturated rings. The molecular weight excluding hydrogens is 473 g/mol. The first-order valence-electron chi connectivity index (χ1n) is 12.1. The maximum atomic E-state index is 13.9. The van der Waals surface area contributed by atoms with Crippen molar-refractivity contribution in [2.45, 2.75) is 40.3 Å². The number of ether oxygens (including phenoxy) is 2. The molecule has 37 heavy (non-hydrogen) atoms. The third kappa shape index (κ3) is 7.90. The molecule has 0 bridgehead atoms. The van der Waals surface area contributed by atoms with E-state index in [-0.39, 0.29) is 11.5 Å². The van der Waals surface area contributed by atoms with Gasteiger partial charge in [-0.25, -0.2) is 9.82 Å². The summed E-state index contributed by atoms with van der Waals surface area (Å²) in [6.07, 6.45) is 1.47. The van der Waals surface area contributed by atoms with Gasteiger partial charge in [-0.2, -0.15) is 5.10 Å². The lowest BCUT2D eigenvalue weighted by Crippen LogP contribution is -2.48. The average molecular weight is 506 g/mol. The van der Waals surface area contributed by atoms with Crippen molar-refractivity contribution in [2.24, 2.45) is 11.0 Å². The van der Waals surface area contributed by atoms with E-state index in [1.807, 2.05) is 38.1 Å². The van der Waals surface area contributed by atoms with Crippen LogP contribution in [0.15, 0.2) is 71.8 Å². The minimum atomic E-state index is -0.902. The second-order valence-corrected chi connectivity index (χ2v) is 8.82. The molecule has 0 aromatic heterocycles. The maximum Gasteiger partial charge on any atom is 0.262 e. The lowest BCUT2D eigenvalue weighted by molar-refractivity contribution is -0.123. The monoisotopic (exact) mass is 505 g/mol. The molecule has 1 unspecified atom stereocenters. The normalized spacial score (nSPS) is 11.8. The molecule has 0 aliphatic heterocycles. The van der Waals surface area contributed by atoms with Gasteiger partial charge in [-0.15, -0.1) is 0 Å². The molecule has 7 nitrogen and oxygen atoms in total. The Hall–Kier alpha value is -4.20. The van der Waals surface area contributed by atoms with Crippen LogP contribution in [0.2, 0.25) is 0 Å². The quantitative estimate of drug-likeness (QED) is 0.283. The van der Waals surface area contributed by atoms with Gasteiger partial charge in [-0.3, -0.25) is 9.59 Å². The van der Waals surface area contributed by atoms with Gasteiger partial charge in [0.25, 0.3) is 11.8 Å². The highest BCUT2D eigenvalue weighted by Crippen LogP contribution is 2.29. The summed E-state index contributed by atoms with van der Waals surface area (Å²) >= 11 is 0. The fraction of sp³-hybridized carbons (Fsp3) is 0.276. The Bertz CT molecular complexity index is 1240. The van der Waals surface area contributed by atoms with Crippen molar-refractivity contribution >= 4 is 18.0 Å². The van der Waals surface area contributed by atoms with Crippen molar-refractivity contribution in [1.29, 1.82) is 0 Å². The molecular formula is C29H32FN3O4. The van der Waals surface area contributed by atoms with E-state index in [0.29, 0.717) is 30.3 Å². The Morgan fingerprint density at radius 1 is 1.00 bits per heavy atom. The number of hydrogen-bond acceptors (Lipinski definition) is 5. The van der Waals surface area contributed by atoms with Crippen molar-refractivity contribution in [3.8, 4) is 11.5 Å². The zero-order valence-electron chi connectivity index (χ0n) is 21.5. The standard InChI is InChI=1S/C29H32FN3O4/c1-5-36-26-16-22(14-15-25(26)37-18-21-12-10-20(4)11-13-21)17-31-33-29(35)27(19(2)3)32-28(34)23-8-6-7-9-24(23)30/h6-17,19,27H,5,18H2,1-4H3,(H,32,34)(H,33,35)/b31-17+. The first-order valence-corrected chi connectivity index (χ1v) is 12.1. The van der Waals surface area contributed by atoms with Gasteiger partial charge in [0.1, 0.15) is 18.5 Å². The van der Waals surface area contributed by atoms with E-state index < -0.39 is 23.7 Å². The molecule has 0 saturated heterocycles. The molecule has 0 spiro atoms. The van der Waals surface area contributed by atoms with Crippen LogP contribution in [-0.2, 0) is 11.4 Å². The summed E-state index contributed by atoms with van der Waals surface area (Å²) in [4.78, 5) is 25.2. The number of carbonyl (C=O) groups excluding carboxylic acids is 2. The molecule has 0 radical (unpaired) electrons.